The van der Waals surface area contributed by atoms with Gasteiger partial charge in [0.1, 0.15) is 22.7 Å². The third-order valence-electron chi connectivity index (χ3n) is 2.88. The molecule has 2 nitrogen and oxygen atoms in total. The van der Waals surface area contributed by atoms with E-state index in [-0.39, 0.29) is 17.3 Å². The van der Waals surface area contributed by atoms with Gasteiger partial charge in [-0.25, -0.2) is 8.78 Å². The number of amides is 1. The highest BCUT2D eigenvalue weighted by Crippen LogP contribution is 2.49. The molecule has 104 valence electrons. The standard InChI is InChI=1S/C11H7BrF5NO/c12-5-3-6(13)8(7(14)4-5)9(19)18-10(1-2-10)11(15,16)17/h3-4H,1-2H2,(H,18,19). The van der Waals surface area contributed by atoms with Gasteiger partial charge in [-0.3, -0.25) is 4.79 Å². The fourth-order valence-corrected chi connectivity index (χ4v) is 2.05. The minimum atomic E-state index is -4.63. The number of nitrogens with one attached hydrogen (secondary N) is 1. The molecule has 0 heterocycles. The Morgan fingerprint density at radius 1 is 1.21 bits per heavy atom. The Bertz CT molecular complexity index is 515. The van der Waals surface area contributed by atoms with Gasteiger partial charge in [0, 0.05) is 4.47 Å². The van der Waals surface area contributed by atoms with Gasteiger partial charge in [0.05, 0.1) is 0 Å². The molecule has 0 atom stereocenters. The molecule has 0 unspecified atom stereocenters. The minimum Gasteiger partial charge on any atom is -0.338 e. The molecule has 8 heteroatoms. The number of hydrogen-bond acceptors (Lipinski definition) is 1. The van der Waals surface area contributed by atoms with Gasteiger partial charge in [0.2, 0.25) is 0 Å². The highest BCUT2D eigenvalue weighted by molar-refractivity contribution is 9.10. The van der Waals surface area contributed by atoms with E-state index in [1.165, 1.54) is 0 Å². The summed E-state index contributed by atoms with van der Waals surface area (Å²) in [5, 5.41) is 1.67. The first-order valence-electron chi connectivity index (χ1n) is 5.20. The normalized spacial score (nSPS) is 17.2. The summed E-state index contributed by atoms with van der Waals surface area (Å²) in [5.74, 6) is -3.85. The van der Waals surface area contributed by atoms with Crippen molar-refractivity contribution in [2.45, 2.75) is 24.6 Å². The highest BCUT2D eigenvalue weighted by Gasteiger charge is 2.64. The second-order valence-corrected chi connectivity index (χ2v) is 5.19. The number of benzene rings is 1. The van der Waals surface area contributed by atoms with E-state index >= 15 is 0 Å². The molecule has 1 aromatic rings. The zero-order chi connectivity index (χ0) is 14.4. The molecule has 1 aromatic carbocycles. The van der Waals surface area contributed by atoms with E-state index in [4.69, 9.17) is 0 Å². The van der Waals surface area contributed by atoms with Gasteiger partial charge in [-0.2, -0.15) is 13.2 Å². The second kappa shape index (κ2) is 4.43. The number of halogens is 6. The van der Waals surface area contributed by atoms with E-state index in [0.717, 1.165) is 12.1 Å². The lowest BCUT2D eigenvalue weighted by Gasteiger charge is -2.21. The Morgan fingerprint density at radius 2 is 1.68 bits per heavy atom. The molecule has 1 N–H and O–H groups in total. The molecule has 1 fully saturated rings. The SMILES string of the molecule is O=C(NC1(C(F)(F)F)CC1)c1c(F)cc(Br)cc1F. The first-order valence-corrected chi connectivity index (χ1v) is 5.99. The van der Waals surface area contributed by atoms with Crippen LogP contribution in [0.25, 0.3) is 0 Å². The maximum Gasteiger partial charge on any atom is 0.411 e. The van der Waals surface area contributed by atoms with Crippen LogP contribution in [0.1, 0.15) is 23.2 Å². The summed E-state index contributed by atoms with van der Waals surface area (Å²) in [6.07, 6.45) is -5.21. The molecule has 0 aromatic heterocycles. The average Bonchev–Trinajstić information content (AvgIpc) is 2.95. The zero-order valence-electron chi connectivity index (χ0n) is 9.24. The van der Waals surface area contributed by atoms with E-state index in [0.29, 0.717) is 0 Å². The number of rotatable bonds is 2. The molecule has 0 bridgehead atoms. The summed E-state index contributed by atoms with van der Waals surface area (Å²) in [7, 11) is 0. The van der Waals surface area contributed by atoms with Crippen molar-refractivity contribution in [2.75, 3.05) is 0 Å². The predicted molar refractivity (Wildman–Crippen MR) is 59.5 cm³/mol. The first-order chi connectivity index (χ1) is 8.66. The van der Waals surface area contributed by atoms with Crippen LogP contribution in [0.4, 0.5) is 22.0 Å². The van der Waals surface area contributed by atoms with Crippen molar-refractivity contribution < 1.29 is 26.7 Å². The summed E-state index contributed by atoms with van der Waals surface area (Å²) in [6, 6.07) is 1.62. The number of carbonyl (C=O) groups excluding carboxylic acids is 1. The van der Waals surface area contributed by atoms with Gasteiger partial charge in [-0.05, 0) is 25.0 Å². The first kappa shape index (κ1) is 14.2. The van der Waals surface area contributed by atoms with Crippen LogP contribution in [-0.4, -0.2) is 17.6 Å². The molecule has 1 saturated carbocycles. The van der Waals surface area contributed by atoms with Crippen molar-refractivity contribution in [3.05, 3.63) is 33.8 Å². The van der Waals surface area contributed by atoms with Gasteiger partial charge in [0.25, 0.3) is 5.91 Å². The average molecular weight is 344 g/mol. The molecular formula is C11H7BrF5NO. The van der Waals surface area contributed by atoms with Crippen molar-refractivity contribution in [3.8, 4) is 0 Å². The maximum atomic E-state index is 13.4. The van der Waals surface area contributed by atoms with Gasteiger partial charge in [-0.1, -0.05) is 15.9 Å². The molecule has 1 amide bonds. The van der Waals surface area contributed by atoms with Crippen LogP contribution in [0, 0.1) is 11.6 Å². The Balaban J connectivity index is 2.27. The molecule has 19 heavy (non-hydrogen) atoms. The van der Waals surface area contributed by atoms with Crippen molar-refractivity contribution >= 4 is 21.8 Å². The van der Waals surface area contributed by atoms with Crippen LogP contribution >= 0.6 is 15.9 Å². The van der Waals surface area contributed by atoms with Crippen LogP contribution in [-0.2, 0) is 0 Å². The van der Waals surface area contributed by atoms with Gasteiger partial charge >= 0.3 is 6.18 Å². The van der Waals surface area contributed by atoms with E-state index in [1.807, 2.05) is 0 Å². The largest absolute Gasteiger partial charge is 0.411 e. The topological polar surface area (TPSA) is 29.1 Å². The molecule has 0 saturated heterocycles. The van der Waals surface area contributed by atoms with Gasteiger partial charge < -0.3 is 5.32 Å². The molecular weight excluding hydrogens is 337 g/mol. The Hall–Kier alpha value is -1.18. The zero-order valence-corrected chi connectivity index (χ0v) is 10.8. The predicted octanol–water partition coefficient (Wildman–Crippen LogP) is 3.55. The van der Waals surface area contributed by atoms with Gasteiger partial charge in [-0.15, -0.1) is 0 Å². The lowest BCUT2D eigenvalue weighted by molar-refractivity contribution is -0.163. The monoisotopic (exact) mass is 343 g/mol. The van der Waals surface area contributed by atoms with Crippen LogP contribution < -0.4 is 5.32 Å². The molecule has 0 radical (unpaired) electrons. The molecule has 1 aliphatic rings. The van der Waals surface area contributed by atoms with Crippen molar-refractivity contribution in [1.29, 1.82) is 0 Å². The second-order valence-electron chi connectivity index (χ2n) is 4.28. The number of alkyl halides is 3. The molecule has 1 aliphatic carbocycles. The maximum absolute atomic E-state index is 13.4. The summed E-state index contributed by atoms with van der Waals surface area (Å²) in [5.41, 5.74) is -3.37. The van der Waals surface area contributed by atoms with E-state index in [9.17, 15) is 26.7 Å². The fourth-order valence-electron chi connectivity index (χ4n) is 1.64. The van der Waals surface area contributed by atoms with Crippen molar-refractivity contribution in [1.82, 2.24) is 5.32 Å². The van der Waals surface area contributed by atoms with Crippen LogP contribution in [0.3, 0.4) is 0 Å². The smallest absolute Gasteiger partial charge is 0.338 e. The van der Waals surface area contributed by atoms with E-state index in [2.05, 4.69) is 15.9 Å². The molecule has 0 spiro atoms. The van der Waals surface area contributed by atoms with Crippen LogP contribution in [0.5, 0.6) is 0 Å². The third kappa shape index (κ3) is 2.58. The number of hydrogen-bond donors (Lipinski definition) is 1. The van der Waals surface area contributed by atoms with Crippen molar-refractivity contribution in [2.24, 2.45) is 0 Å². The fraction of sp³-hybridized carbons (Fsp3) is 0.364. The summed E-state index contributed by atoms with van der Waals surface area (Å²) in [4.78, 5) is 11.6. The van der Waals surface area contributed by atoms with Crippen LogP contribution in [0.15, 0.2) is 16.6 Å². The summed E-state index contributed by atoms with van der Waals surface area (Å²) >= 11 is 2.81. The lowest BCUT2D eigenvalue weighted by atomic mass is 10.1. The quantitative estimate of drug-likeness (QED) is 0.817. The highest BCUT2D eigenvalue weighted by atomic mass is 79.9. The molecule has 0 aliphatic heterocycles. The Morgan fingerprint density at radius 3 is 2.05 bits per heavy atom. The summed E-state index contributed by atoms with van der Waals surface area (Å²) in [6.45, 7) is 0. The summed E-state index contributed by atoms with van der Waals surface area (Å²) < 4.78 is 64.8. The molecule has 2 rings (SSSR count). The van der Waals surface area contributed by atoms with E-state index in [1.54, 1.807) is 5.32 Å². The van der Waals surface area contributed by atoms with Gasteiger partial charge in [0.15, 0.2) is 0 Å². The van der Waals surface area contributed by atoms with Crippen LogP contribution in [0.2, 0.25) is 0 Å². The third-order valence-corrected chi connectivity index (χ3v) is 3.34. The lowest BCUT2D eigenvalue weighted by Crippen LogP contribution is -2.48. The van der Waals surface area contributed by atoms with Crippen molar-refractivity contribution in [3.63, 3.8) is 0 Å². The Labute approximate surface area is 113 Å². The minimum absolute atomic E-state index is 0.0519. The number of carbonyl (C=O) groups is 1. The van der Waals surface area contributed by atoms with E-state index < -0.39 is 34.8 Å². The Kier molecular flexibility index (Phi) is 3.32.